The zero-order valence-corrected chi connectivity index (χ0v) is 17.2. The molecule has 0 aromatic carbocycles. The summed E-state index contributed by atoms with van der Waals surface area (Å²) >= 11 is 0. The number of rotatable bonds is 7. The van der Waals surface area contributed by atoms with E-state index in [0.29, 0.717) is 6.10 Å². The quantitative estimate of drug-likeness (QED) is 0.436. The Morgan fingerprint density at radius 2 is 1.28 bits per heavy atom. The molecule has 0 aliphatic heterocycles. The average Bonchev–Trinajstić information content (AvgIpc) is 2.69. The van der Waals surface area contributed by atoms with Crippen molar-refractivity contribution in [2.75, 3.05) is 7.11 Å². The van der Waals surface area contributed by atoms with Gasteiger partial charge in [0.15, 0.2) is 0 Å². The summed E-state index contributed by atoms with van der Waals surface area (Å²) in [5.41, 5.74) is 0. The summed E-state index contributed by atoms with van der Waals surface area (Å²) in [7, 11) is 1.92. The van der Waals surface area contributed by atoms with Crippen LogP contribution >= 0.6 is 0 Å². The largest absolute Gasteiger partial charge is 0.381 e. The predicted octanol–water partition coefficient (Wildman–Crippen LogP) is 7.38. The highest BCUT2D eigenvalue weighted by molar-refractivity contribution is 4.86. The summed E-state index contributed by atoms with van der Waals surface area (Å²) < 4.78 is 5.67. The first-order chi connectivity index (χ1) is 12.3. The summed E-state index contributed by atoms with van der Waals surface area (Å²) in [6.07, 6.45) is 24.3. The molecule has 0 spiro atoms. The monoisotopic (exact) mass is 348 g/mol. The molecule has 1 heteroatoms. The van der Waals surface area contributed by atoms with Crippen LogP contribution in [0.1, 0.15) is 110 Å². The van der Waals surface area contributed by atoms with Gasteiger partial charge in [0.25, 0.3) is 0 Å². The van der Waals surface area contributed by atoms with Crippen LogP contribution in [0, 0.1) is 29.6 Å². The Bertz CT molecular complexity index is 349. The molecular formula is C24H44O. The van der Waals surface area contributed by atoms with Crippen molar-refractivity contribution < 1.29 is 4.74 Å². The molecule has 0 aromatic rings. The first-order valence-corrected chi connectivity index (χ1v) is 11.8. The Morgan fingerprint density at radius 1 is 0.680 bits per heavy atom. The molecule has 2 atom stereocenters. The molecule has 146 valence electrons. The van der Waals surface area contributed by atoms with Crippen LogP contribution in [0.2, 0.25) is 0 Å². The fourth-order valence-electron chi connectivity index (χ4n) is 6.54. The molecule has 25 heavy (non-hydrogen) atoms. The Balaban J connectivity index is 1.35. The molecule has 3 fully saturated rings. The van der Waals surface area contributed by atoms with Gasteiger partial charge in [-0.1, -0.05) is 51.9 Å². The van der Waals surface area contributed by atoms with E-state index in [4.69, 9.17) is 4.74 Å². The summed E-state index contributed by atoms with van der Waals surface area (Å²) in [4.78, 5) is 0. The summed E-state index contributed by atoms with van der Waals surface area (Å²) in [6.45, 7) is 2.33. The third kappa shape index (κ3) is 5.72. The number of ether oxygens (including phenoxy) is 1. The number of hydrogen-bond donors (Lipinski definition) is 0. The number of hydrogen-bond acceptors (Lipinski definition) is 1. The predicted molar refractivity (Wildman–Crippen MR) is 108 cm³/mol. The molecule has 3 aliphatic carbocycles. The van der Waals surface area contributed by atoms with Crippen molar-refractivity contribution >= 4 is 0 Å². The van der Waals surface area contributed by atoms with Gasteiger partial charge in [-0.2, -0.15) is 0 Å². The zero-order valence-electron chi connectivity index (χ0n) is 17.2. The van der Waals surface area contributed by atoms with E-state index in [-0.39, 0.29) is 0 Å². The average molecular weight is 349 g/mol. The lowest BCUT2D eigenvalue weighted by molar-refractivity contribution is 0.0246. The van der Waals surface area contributed by atoms with Crippen LogP contribution in [-0.2, 0) is 4.74 Å². The molecular weight excluding hydrogens is 304 g/mol. The van der Waals surface area contributed by atoms with Crippen molar-refractivity contribution in [3.8, 4) is 0 Å². The fourth-order valence-corrected chi connectivity index (χ4v) is 6.54. The van der Waals surface area contributed by atoms with Gasteiger partial charge in [0.05, 0.1) is 6.10 Å². The Labute approximate surface area is 157 Å². The van der Waals surface area contributed by atoms with E-state index in [9.17, 15) is 0 Å². The van der Waals surface area contributed by atoms with Gasteiger partial charge in [-0.25, -0.2) is 0 Å². The Morgan fingerprint density at radius 3 is 1.88 bits per heavy atom. The second-order valence-corrected chi connectivity index (χ2v) is 9.74. The molecule has 0 amide bonds. The first-order valence-electron chi connectivity index (χ1n) is 11.8. The molecule has 2 unspecified atom stereocenters. The molecule has 0 saturated heterocycles. The van der Waals surface area contributed by atoms with E-state index < -0.39 is 0 Å². The Hall–Kier alpha value is -0.0400. The van der Waals surface area contributed by atoms with Crippen LogP contribution in [0.15, 0.2) is 0 Å². The van der Waals surface area contributed by atoms with Crippen LogP contribution in [0.3, 0.4) is 0 Å². The van der Waals surface area contributed by atoms with Gasteiger partial charge >= 0.3 is 0 Å². The first kappa shape index (κ1) is 19.7. The highest BCUT2D eigenvalue weighted by Crippen LogP contribution is 2.45. The van der Waals surface area contributed by atoms with Crippen LogP contribution in [0.4, 0.5) is 0 Å². The van der Waals surface area contributed by atoms with Gasteiger partial charge in [0, 0.05) is 7.11 Å². The minimum atomic E-state index is 0.569. The minimum Gasteiger partial charge on any atom is -0.381 e. The molecule has 3 saturated carbocycles. The normalized spacial score (nSPS) is 40.1. The third-order valence-corrected chi connectivity index (χ3v) is 8.26. The maximum absolute atomic E-state index is 5.67. The smallest absolute Gasteiger partial charge is 0.0574 e. The van der Waals surface area contributed by atoms with Crippen LogP contribution < -0.4 is 0 Å². The molecule has 0 radical (unpaired) electrons. The lowest BCUT2D eigenvalue weighted by Gasteiger charge is -2.41. The number of unbranched alkanes of at least 4 members (excludes halogenated alkanes) is 2. The van der Waals surface area contributed by atoms with Crippen LogP contribution in [-0.4, -0.2) is 13.2 Å². The highest BCUT2D eigenvalue weighted by Gasteiger charge is 2.34. The molecule has 0 heterocycles. The van der Waals surface area contributed by atoms with E-state index in [2.05, 4.69) is 6.92 Å². The molecule has 0 aromatic heterocycles. The Kier molecular flexibility index (Phi) is 8.15. The topological polar surface area (TPSA) is 9.23 Å². The number of methoxy groups -OCH3 is 1. The van der Waals surface area contributed by atoms with Crippen molar-refractivity contribution in [2.24, 2.45) is 29.6 Å². The van der Waals surface area contributed by atoms with Gasteiger partial charge in [0.1, 0.15) is 0 Å². The molecule has 3 aliphatic rings. The van der Waals surface area contributed by atoms with Crippen molar-refractivity contribution in [1.29, 1.82) is 0 Å². The summed E-state index contributed by atoms with van der Waals surface area (Å²) in [5, 5.41) is 0. The maximum atomic E-state index is 5.67. The minimum absolute atomic E-state index is 0.569. The summed E-state index contributed by atoms with van der Waals surface area (Å²) in [6, 6.07) is 0. The van der Waals surface area contributed by atoms with Gasteiger partial charge in [-0.15, -0.1) is 0 Å². The SMILES string of the molecule is CCCCCC1CCC(C2CCC(C3CCCC(OC)C3)CC2)CC1. The second-order valence-electron chi connectivity index (χ2n) is 9.74. The highest BCUT2D eigenvalue weighted by atomic mass is 16.5. The van der Waals surface area contributed by atoms with Gasteiger partial charge in [-0.3, -0.25) is 0 Å². The molecule has 1 nitrogen and oxygen atoms in total. The van der Waals surface area contributed by atoms with Gasteiger partial charge in [-0.05, 0) is 87.4 Å². The van der Waals surface area contributed by atoms with E-state index in [0.717, 1.165) is 29.6 Å². The molecule has 3 rings (SSSR count). The maximum Gasteiger partial charge on any atom is 0.0574 e. The standard InChI is InChI=1S/C24H44O/c1-3-4-5-7-19-10-12-20(13-11-19)21-14-16-22(17-15-21)23-8-6-9-24(18-23)25-2/h19-24H,3-18H2,1-2H3. The van der Waals surface area contributed by atoms with Crippen LogP contribution in [0.25, 0.3) is 0 Å². The van der Waals surface area contributed by atoms with E-state index in [1.165, 1.54) is 64.2 Å². The van der Waals surface area contributed by atoms with Gasteiger partial charge in [0.2, 0.25) is 0 Å². The molecule has 0 N–H and O–H groups in total. The van der Waals surface area contributed by atoms with Crippen molar-refractivity contribution in [1.82, 2.24) is 0 Å². The van der Waals surface area contributed by atoms with E-state index in [1.54, 1.807) is 38.5 Å². The van der Waals surface area contributed by atoms with Crippen LogP contribution in [0.5, 0.6) is 0 Å². The van der Waals surface area contributed by atoms with E-state index >= 15 is 0 Å². The lowest BCUT2D eigenvalue weighted by Crippen LogP contribution is -2.31. The van der Waals surface area contributed by atoms with E-state index in [1.807, 2.05) is 7.11 Å². The second kappa shape index (κ2) is 10.3. The summed E-state index contributed by atoms with van der Waals surface area (Å²) in [5.74, 6) is 5.25. The zero-order chi connectivity index (χ0) is 17.5. The third-order valence-electron chi connectivity index (χ3n) is 8.26. The van der Waals surface area contributed by atoms with Crippen molar-refractivity contribution in [2.45, 2.75) is 116 Å². The fraction of sp³-hybridized carbons (Fsp3) is 1.00. The van der Waals surface area contributed by atoms with Gasteiger partial charge < -0.3 is 4.74 Å². The molecule has 0 bridgehead atoms. The lowest BCUT2D eigenvalue weighted by atomic mass is 9.65. The van der Waals surface area contributed by atoms with Crippen molar-refractivity contribution in [3.05, 3.63) is 0 Å². The van der Waals surface area contributed by atoms with Crippen molar-refractivity contribution in [3.63, 3.8) is 0 Å².